The van der Waals surface area contributed by atoms with Gasteiger partial charge < -0.3 is 4.74 Å². The average Bonchev–Trinajstić information content (AvgIpc) is 1.94. The summed E-state index contributed by atoms with van der Waals surface area (Å²) in [5.41, 5.74) is 0.498. The summed E-state index contributed by atoms with van der Waals surface area (Å²) in [7, 11) is 3.03. The van der Waals surface area contributed by atoms with Crippen molar-refractivity contribution in [1.82, 2.24) is 9.97 Å². The van der Waals surface area contributed by atoms with E-state index in [-0.39, 0.29) is 5.88 Å². The molecule has 0 radical (unpaired) electrons. The summed E-state index contributed by atoms with van der Waals surface area (Å²) in [6, 6.07) is 0. The summed E-state index contributed by atoms with van der Waals surface area (Å²) in [5, 5.41) is 0. The maximum atomic E-state index is 12.5. The Labute approximate surface area is 58.7 Å². The van der Waals surface area contributed by atoms with E-state index >= 15 is 0 Å². The Morgan fingerprint density at radius 1 is 1.70 bits per heavy atom. The van der Waals surface area contributed by atoms with Crippen molar-refractivity contribution in [3.05, 3.63) is 12.0 Å². The Morgan fingerprint density at radius 2 is 2.40 bits per heavy atom. The first-order chi connectivity index (χ1) is 4.74. The summed E-state index contributed by atoms with van der Waals surface area (Å²) in [5.74, 6) is -0.541. The lowest BCUT2D eigenvalue weighted by Crippen LogP contribution is -2.14. The topological polar surface area (TPSA) is 35.0 Å². The number of rotatable bonds is 1. The van der Waals surface area contributed by atoms with Crippen LogP contribution in [-0.4, -0.2) is 24.9 Å². The van der Waals surface area contributed by atoms with E-state index in [1.54, 1.807) is 7.85 Å². The van der Waals surface area contributed by atoms with E-state index in [2.05, 4.69) is 14.7 Å². The van der Waals surface area contributed by atoms with Crippen LogP contribution in [0.1, 0.15) is 0 Å². The molecule has 0 saturated carbocycles. The Kier molecular flexibility index (Phi) is 1.84. The van der Waals surface area contributed by atoms with E-state index in [1.807, 2.05) is 0 Å². The van der Waals surface area contributed by atoms with Crippen LogP contribution in [0.25, 0.3) is 0 Å². The molecule has 0 aliphatic heterocycles. The molecule has 1 aromatic heterocycles. The zero-order valence-electron chi connectivity index (χ0n) is 5.76. The quantitative estimate of drug-likeness (QED) is 0.463. The first-order valence-electron chi connectivity index (χ1n) is 2.77. The Hall–Kier alpha value is -1.13. The number of aromatic nitrogens is 2. The van der Waals surface area contributed by atoms with Gasteiger partial charge in [-0.05, 0) is 0 Å². The Balaban J connectivity index is 3.09. The molecule has 3 nitrogen and oxygen atoms in total. The summed E-state index contributed by atoms with van der Waals surface area (Å²) >= 11 is 0. The van der Waals surface area contributed by atoms with Crippen molar-refractivity contribution in [1.29, 1.82) is 0 Å². The highest BCUT2D eigenvalue weighted by atomic mass is 19.1. The van der Waals surface area contributed by atoms with Crippen molar-refractivity contribution in [2.24, 2.45) is 0 Å². The molecule has 0 saturated heterocycles. The molecular weight excluding hydrogens is 134 g/mol. The molecule has 0 amide bonds. The molecule has 1 rings (SSSR count). The smallest absolute Gasteiger partial charge is 0.252 e. The van der Waals surface area contributed by atoms with Crippen LogP contribution in [0, 0.1) is 5.82 Å². The van der Waals surface area contributed by atoms with Crippen LogP contribution >= 0.6 is 0 Å². The SMILES string of the molecule is Bc1ncc(F)c(OC)n1. The normalized spacial score (nSPS) is 9.40. The van der Waals surface area contributed by atoms with Crippen LogP contribution in [0.4, 0.5) is 4.39 Å². The van der Waals surface area contributed by atoms with Crippen LogP contribution in [-0.2, 0) is 0 Å². The van der Waals surface area contributed by atoms with Crippen LogP contribution in [0.15, 0.2) is 6.20 Å². The largest absolute Gasteiger partial charge is 0.479 e. The highest BCUT2D eigenvalue weighted by molar-refractivity contribution is 6.28. The lowest BCUT2D eigenvalue weighted by Gasteiger charge is -1.98. The first-order valence-corrected chi connectivity index (χ1v) is 2.77. The van der Waals surface area contributed by atoms with Gasteiger partial charge in [-0.2, -0.15) is 4.39 Å². The molecule has 0 aliphatic carbocycles. The van der Waals surface area contributed by atoms with Crippen molar-refractivity contribution in [2.45, 2.75) is 0 Å². The maximum absolute atomic E-state index is 12.5. The number of nitrogens with zero attached hydrogens (tertiary/aromatic N) is 2. The van der Waals surface area contributed by atoms with Crippen LogP contribution < -0.4 is 10.5 Å². The van der Waals surface area contributed by atoms with Crippen LogP contribution in [0.3, 0.4) is 0 Å². The molecule has 0 spiro atoms. The third-order valence-corrected chi connectivity index (χ3v) is 1.03. The zero-order chi connectivity index (χ0) is 7.56. The van der Waals surface area contributed by atoms with Gasteiger partial charge in [0.05, 0.1) is 19.0 Å². The standard InChI is InChI=1S/C5H6BFN2O/c1-10-4-3(7)2-8-5(6)9-4/h2H,6H2,1H3. The number of hydrogen-bond donors (Lipinski definition) is 0. The van der Waals surface area contributed by atoms with Gasteiger partial charge in [-0.15, -0.1) is 0 Å². The third kappa shape index (κ3) is 1.23. The van der Waals surface area contributed by atoms with Crippen molar-refractivity contribution >= 4 is 13.6 Å². The molecule has 0 N–H and O–H groups in total. The monoisotopic (exact) mass is 140 g/mol. The van der Waals surface area contributed by atoms with E-state index < -0.39 is 5.82 Å². The zero-order valence-corrected chi connectivity index (χ0v) is 5.76. The predicted octanol–water partition coefficient (Wildman–Crippen LogP) is -1.12. The van der Waals surface area contributed by atoms with E-state index in [9.17, 15) is 4.39 Å². The van der Waals surface area contributed by atoms with Gasteiger partial charge in [0, 0.05) is 0 Å². The molecule has 0 bridgehead atoms. The second kappa shape index (κ2) is 2.64. The Bertz CT molecular complexity index is 243. The highest BCUT2D eigenvalue weighted by Gasteiger charge is 2.02. The molecule has 1 aromatic rings. The lowest BCUT2D eigenvalue weighted by atomic mass is 10.1. The summed E-state index contributed by atoms with van der Waals surface area (Å²) < 4.78 is 17.1. The molecule has 1 heterocycles. The summed E-state index contributed by atoms with van der Waals surface area (Å²) in [6.45, 7) is 0. The average molecular weight is 140 g/mol. The lowest BCUT2D eigenvalue weighted by molar-refractivity contribution is 0.368. The Morgan fingerprint density at radius 3 is 2.90 bits per heavy atom. The van der Waals surface area contributed by atoms with Crippen LogP contribution in [0.5, 0.6) is 5.88 Å². The molecule has 0 aliphatic rings. The van der Waals surface area contributed by atoms with Crippen molar-refractivity contribution < 1.29 is 9.13 Å². The molecule has 52 valence electrons. The number of hydrogen-bond acceptors (Lipinski definition) is 3. The fraction of sp³-hybridized carbons (Fsp3) is 0.200. The second-order valence-corrected chi connectivity index (χ2v) is 1.77. The number of ether oxygens (including phenoxy) is 1. The van der Waals surface area contributed by atoms with Gasteiger partial charge in [-0.3, -0.25) is 0 Å². The molecular formula is C5H6BFN2O. The van der Waals surface area contributed by atoms with Gasteiger partial charge in [0.2, 0.25) is 5.82 Å². The minimum atomic E-state index is -0.534. The van der Waals surface area contributed by atoms with E-state index in [4.69, 9.17) is 0 Å². The maximum Gasteiger partial charge on any atom is 0.252 e. The molecule has 0 aromatic carbocycles. The first kappa shape index (κ1) is 6.99. The van der Waals surface area contributed by atoms with Gasteiger partial charge >= 0.3 is 0 Å². The van der Waals surface area contributed by atoms with E-state index in [1.165, 1.54) is 7.11 Å². The van der Waals surface area contributed by atoms with Crippen molar-refractivity contribution in [3.8, 4) is 5.88 Å². The minimum Gasteiger partial charge on any atom is -0.479 e. The number of halogens is 1. The third-order valence-electron chi connectivity index (χ3n) is 1.03. The minimum absolute atomic E-state index is 0.00694. The van der Waals surface area contributed by atoms with Crippen molar-refractivity contribution in [2.75, 3.05) is 7.11 Å². The molecule has 0 unspecified atom stereocenters. The fourth-order valence-electron chi connectivity index (χ4n) is 0.578. The predicted molar refractivity (Wildman–Crippen MR) is 36.7 cm³/mol. The van der Waals surface area contributed by atoms with Gasteiger partial charge in [-0.1, -0.05) is 0 Å². The van der Waals surface area contributed by atoms with Gasteiger partial charge in [0.1, 0.15) is 0 Å². The summed E-state index contributed by atoms with van der Waals surface area (Å²) in [6.07, 6.45) is 1.08. The fourth-order valence-corrected chi connectivity index (χ4v) is 0.578. The number of methoxy groups -OCH3 is 1. The van der Waals surface area contributed by atoms with Gasteiger partial charge in [0.25, 0.3) is 5.88 Å². The van der Waals surface area contributed by atoms with Gasteiger partial charge in [0.15, 0.2) is 7.85 Å². The molecule has 0 atom stereocenters. The summed E-state index contributed by atoms with van der Waals surface area (Å²) in [4.78, 5) is 7.30. The second-order valence-electron chi connectivity index (χ2n) is 1.77. The van der Waals surface area contributed by atoms with E-state index in [0.29, 0.717) is 5.72 Å². The molecule has 10 heavy (non-hydrogen) atoms. The molecule has 0 fully saturated rings. The van der Waals surface area contributed by atoms with Crippen molar-refractivity contribution in [3.63, 3.8) is 0 Å². The van der Waals surface area contributed by atoms with E-state index in [0.717, 1.165) is 6.20 Å². The van der Waals surface area contributed by atoms with Crippen LogP contribution in [0.2, 0.25) is 0 Å². The van der Waals surface area contributed by atoms with Gasteiger partial charge in [-0.25, -0.2) is 9.97 Å². The highest BCUT2D eigenvalue weighted by Crippen LogP contribution is 2.06. The molecule has 5 heteroatoms.